The number of rotatable bonds is 5. The number of allylic oxidation sites excluding steroid dienone is 1. The van der Waals surface area contributed by atoms with Crippen LogP contribution >= 0.6 is 0 Å². The third kappa shape index (κ3) is 4.03. The van der Waals surface area contributed by atoms with Crippen LogP contribution in [0.1, 0.15) is 42.0 Å². The first-order valence-corrected chi connectivity index (χ1v) is 11.8. The Bertz CT molecular complexity index is 1230. The number of carbonyl (C=O) groups is 1. The average Bonchev–Trinajstić information content (AvgIpc) is 3.05. The molecule has 0 spiro atoms. The topological polar surface area (TPSA) is 59.6 Å². The maximum Gasteiger partial charge on any atom is 0.161 e. The summed E-state index contributed by atoms with van der Waals surface area (Å²) in [5.41, 5.74) is 6.36. The van der Waals surface area contributed by atoms with E-state index in [2.05, 4.69) is 54.0 Å². The largest absolute Gasteiger partial charge is 0.493 e. The third-order valence-electron chi connectivity index (χ3n) is 6.92. The minimum atomic E-state index is -0.295. The Morgan fingerprint density at radius 3 is 2.29 bits per heavy atom. The summed E-state index contributed by atoms with van der Waals surface area (Å²) >= 11 is 0. The van der Waals surface area contributed by atoms with Crippen LogP contribution in [0.5, 0.6) is 11.5 Å². The van der Waals surface area contributed by atoms with Gasteiger partial charge in [0.1, 0.15) is 5.78 Å². The Balaban J connectivity index is 1.58. The number of para-hydroxylation sites is 2. The Hall–Kier alpha value is -3.73. The highest BCUT2D eigenvalue weighted by Crippen LogP contribution is 2.45. The van der Waals surface area contributed by atoms with Crippen LogP contribution in [0.15, 0.2) is 78.5 Å². The van der Waals surface area contributed by atoms with Gasteiger partial charge in [-0.2, -0.15) is 0 Å². The molecule has 1 heterocycles. The van der Waals surface area contributed by atoms with Gasteiger partial charge in [0.2, 0.25) is 0 Å². The fourth-order valence-corrected chi connectivity index (χ4v) is 5.04. The van der Waals surface area contributed by atoms with E-state index in [0.717, 1.165) is 34.6 Å². The number of aryl methyl sites for hydroxylation is 1. The molecular formula is C29H30N2O3. The van der Waals surface area contributed by atoms with Gasteiger partial charge in [0.15, 0.2) is 11.5 Å². The van der Waals surface area contributed by atoms with Crippen molar-refractivity contribution in [2.24, 2.45) is 5.92 Å². The van der Waals surface area contributed by atoms with Crippen LogP contribution in [0, 0.1) is 5.92 Å². The molecule has 0 saturated heterocycles. The van der Waals surface area contributed by atoms with Gasteiger partial charge in [-0.15, -0.1) is 0 Å². The monoisotopic (exact) mass is 454 g/mol. The highest BCUT2D eigenvalue weighted by molar-refractivity contribution is 5.90. The van der Waals surface area contributed by atoms with Crippen molar-refractivity contribution in [3.8, 4) is 11.5 Å². The number of Topliss-reactive ketones (excluding diaryl/α,β-unsaturated/α-hetero) is 1. The number of fused-ring (bicyclic) bond motifs is 2. The van der Waals surface area contributed by atoms with Gasteiger partial charge in [-0.3, -0.25) is 4.79 Å². The molecule has 0 bridgehead atoms. The number of anilines is 2. The molecule has 0 fully saturated rings. The molecule has 2 N–H and O–H groups in total. The fraction of sp³-hybridized carbons (Fsp3) is 0.276. The van der Waals surface area contributed by atoms with Crippen LogP contribution in [0.4, 0.5) is 11.4 Å². The smallest absolute Gasteiger partial charge is 0.161 e. The molecule has 174 valence electrons. The van der Waals surface area contributed by atoms with Crippen molar-refractivity contribution in [1.29, 1.82) is 0 Å². The molecule has 2 aliphatic rings. The maximum atomic E-state index is 13.7. The molecule has 3 aromatic rings. The number of hydrogen-bond donors (Lipinski definition) is 2. The van der Waals surface area contributed by atoms with Crippen LogP contribution in [0.3, 0.4) is 0 Å². The maximum absolute atomic E-state index is 13.7. The first-order chi connectivity index (χ1) is 16.6. The second-order valence-electron chi connectivity index (χ2n) is 8.88. The van der Waals surface area contributed by atoms with E-state index in [-0.39, 0.29) is 23.7 Å². The number of methoxy groups -OCH3 is 2. The normalized spacial score (nSPS) is 21.2. The molecule has 1 aliphatic heterocycles. The minimum absolute atomic E-state index is 0.0422. The van der Waals surface area contributed by atoms with Crippen LogP contribution in [0.2, 0.25) is 0 Å². The van der Waals surface area contributed by atoms with Crippen LogP contribution in [0.25, 0.3) is 0 Å². The molecule has 34 heavy (non-hydrogen) atoms. The van der Waals surface area contributed by atoms with Crippen LogP contribution in [-0.2, 0) is 11.2 Å². The lowest BCUT2D eigenvalue weighted by Gasteiger charge is -2.32. The second kappa shape index (κ2) is 9.26. The van der Waals surface area contributed by atoms with Crippen molar-refractivity contribution in [1.82, 2.24) is 0 Å². The Labute approximate surface area is 200 Å². The predicted octanol–water partition coefficient (Wildman–Crippen LogP) is 6.10. The summed E-state index contributed by atoms with van der Waals surface area (Å²) < 4.78 is 10.9. The van der Waals surface area contributed by atoms with E-state index < -0.39 is 0 Å². The van der Waals surface area contributed by atoms with Gasteiger partial charge < -0.3 is 20.1 Å². The van der Waals surface area contributed by atoms with E-state index in [9.17, 15) is 4.79 Å². The molecule has 5 heteroatoms. The zero-order valence-corrected chi connectivity index (χ0v) is 19.8. The zero-order chi connectivity index (χ0) is 23.7. The molecule has 3 aromatic carbocycles. The molecule has 5 nitrogen and oxygen atoms in total. The molecular weight excluding hydrogens is 424 g/mol. The Morgan fingerprint density at radius 2 is 1.59 bits per heavy atom. The molecule has 0 radical (unpaired) electrons. The number of ketones is 1. The molecule has 3 unspecified atom stereocenters. The van der Waals surface area contributed by atoms with Gasteiger partial charge in [0.05, 0.1) is 37.6 Å². The van der Waals surface area contributed by atoms with Gasteiger partial charge in [-0.1, -0.05) is 55.5 Å². The standard InChI is InChI=1S/C29H30N2O3/c1-4-18-9-11-19(12-10-18)29-28-24(30-22-7-5-6-8-23(22)31-29)15-21(16-25(28)32)20-13-14-26(33-2)27(17-20)34-3/h5-15,17,21,28-31H,4,16H2,1-3H3. The summed E-state index contributed by atoms with van der Waals surface area (Å²) in [6, 6.07) is 22.5. The predicted molar refractivity (Wildman–Crippen MR) is 136 cm³/mol. The second-order valence-corrected chi connectivity index (χ2v) is 8.88. The lowest BCUT2D eigenvalue weighted by molar-refractivity contribution is -0.122. The van der Waals surface area contributed by atoms with E-state index in [4.69, 9.17) is 9.47 Å². The minimum Gasteiger partial charge on any atom is -0.493 e. The summed E-state index contributed by atoms with van der Waals surface area (Å²) in [7, 11) is 3.26. The lowest BCUT2D eigenvalue weighted by atomic mass is 9.76. The third-order valence-corrected chi connectivity index (χ3v) is 6.92. The summed E-state index contributed by atoms with van der Waals surface area (Å²) in [4.78, 5) is 13.7. The molecule has 3 atom stereocenters. The SMILES string of the molecule is CCc1ccc(C2Nc3ccccc3NC3=CC(c4ccc(OC)c(OC)c4)CC(=O)C32)cc1. The van der Waals surface area contributed by atoms with Crippen LogP contribution in [-0.4, -0.2) is 20.0 Å². The number of ether oxygens (including phenoxy) is 2. The van der Waals surface area contributed by atoms with E-state index in [1.165, 1.54) is 5.56 Å². The van der Waals surface area contributed by atoms with Gasteiger partial charge >= 0.3 is 0 Å². The van der Waals surface area contributed by atoms with Gasteiger partial charge in [0.25, 0.3) is 0 Å². The quantitative estimate of drug-likeness (QED) is 0.488. The lowest BCUT2D eigenvalue weighted by Crippen LogP contribution is -2.33. The van der Waals surface area contributed by atoms with Crippen molar-refractivity contribution in [3.05, 3.63) is 95.2 Å². The van der Waals surface area contributed by atoms with Crippen molar-refractivity contribution in [2.45, 2.75) is 31.7 Å². The summed E-state index contributed by atoms with van der Waals surface area (Å²) in [6.45, 7) is 2.15. The first kappa shape index (κ1) is 22.1. The van der Waals surface area contributed by atoms with Gasteiger partial charge in [-0.25, -0.2) is 0 Å². The van der Waals surface area contributed by atoms with Crippen molar-refractivity contribution >= 4 is 17.2 Å². The Morgan fingerprint density at radius 1 is 0.882 bits per heavy atom. The van der Waals surface area contributed by atoms with Gasteiger partial charge in [-0.05, 0) is 47.4 Å². The average molecular weight is 455 g/mol. The van der Waals surface area contributed by atoms with E-state index >= 15 is 0 Å². The molecule has 1 aliphatic carbocycles. The number of benzene rings is 3. The van der Waals surface area contributed by atoms with Crippen LogP contribution < -0.4 is 20.1 Å². The highest BCUT2D eigenvalue weighted by Gasteiger charge is 2.39. The number of nitrogens with one attached hydrogen (secondary N) is 2. The van der Waals surface area contributed by atoms with Crippen molar-refractivity contribution in [2.75, 3.05) is 24.9 Å². The van der Waals surface area contributed by atoms with Crippen molar-refractivity contribution in [3.63, 3.8) is 0 Å². The molecule has 0 saturated carbocycles. The van der Waals surface area contributed by atoms with E-state index in [1.807, 2.05) is 36.4 Å². The van der Waals surface area contributed by atoms with Gasteiger partial charge in [0, 0.05) is 18.0 Å². The highest BCUT2D eigenvalue weighted by atomic mass is 16.5. The zero-order valence-electron chi connectivity index (χ0n) is 19.8. The van der Waals surface area contributed by atoms with Crippen molar-refractivity contribution < 1.29 is 14.3 Å². The summed E-state index contributed by atoms with van der Waals surface area (Å²) in [5, 5.41) is 7.26. The first-order valence-electron chi connectivity index (χ1n) is 11.8. The molecule has 0 aromatic heterocycles. The van der Waals surface area contributed by atoms with E-state index in [1.54, 1.807) is 14.2 Å². The summed E-state index contributed by atoms with van der Waals surface area (Å²) in [6.07, 6.45) is 3.64. The van der Waals surface area contributed by atoms with E-state index in [0.29, 0.717) is 17.9 Å². The molecule has 0 amide bonds. The summed E-state index contributed by atoms with van der Waals surface area (Å²) in [5.74, 6) is 1.23. The molecule has 5 rings (SSSR count). The number of hydrogen-bond acceptors (Lipinski definition) is 5. The Kier molecular flexibility index (Phi) is 6.01. The fourth-order valence-electron chi connectivity index (χ4n) is 5.04. The number of carbonyl (C=O) groups excluding carboxylic acids is 1.